The number of hydrogen-bond donors (Lipinski definition) is 1. The standard InChI is InChI=1S/C19H27N3O2/c1-14-4-5-17(10-15(14)2)19(23)13-22-8-6-21(7-9-22)12-18-11-16(3)24-20-18/h4-5,10-11,19,23H,6-9,12-13H2,1-3H3. The van der Waals surface area contributed by atoms with Gasteiger partial charge in [-0.25, -0.2) is 0 Å². The molecule has 1 N–H and O–H groups in total. The second kappa shape index (κ2) is 7.47. The van der Waals surface area contributed by atoms with Crippen molar-refractivity contribution in [3.63, 3.8) is 0 Å². The van der Waals surface area contributed by atoms with Crippen molar-refractivity contribution < 1.29 is 9.63 Å². The van der Waals surface area contributed by atoms with Crippen molar-refractivity contribution in [2.75, 3.05) is 32.7 Å². The normalized spacial score (nSPS) is 18.0. The van der Waals surface area contributed by atoms with Crippen LogP contribution in [0.2, 0.25) is 0 Å². The third kappa shape index (κ3) is 4.23. The number of nitrogens with zero attached hydrogens (tertiary/aromatic N) is 3. The first-order chi connectivity index (χ1) is 11.5. The Morgan fingerprint density at radius 2 is 1.75 bits per heavy atom. The zero-order chi connectivity index (χ0) is 17.1. The highest BCUT2D eigenvalue weighted by Crippen LogP contribution is 2.19. The minimum absolute atomic E-state index is 0.422. The molecule has 24 heavy (non-hydrogen) atoms. The molecule has 0 saturated carbocycles. The summed E-state index contributed by atoms with van der Waals surface area (Å²) in [5.74, 6) is 0.861. The van der Waals surface area contributed by atoms with Crippen molar-refractivity contribution in [3.05, 3.63) is 52.4 Å². The van der Waals surface area contributed by atoms with Crippen LogP contribution in [0, 0.1) is 20.8 Å². The molecule has 0 amide bonds. The Morgan fingerprint density at radius 1 is 1.04 bits per heavy atom. The van der Waals surface area contributed by atoms with Gasteiger partial charge in [-0.2, -0.15) is 0 Å². The lowest BCUT2D eigenvalue weighted by molar-refractivity contribution is 0.0693. The van der Waals surface area contributed by atoms with Gasteiger partial charge in [-0.3, -0.25) is 9.80 Å². The van der Waals surface area contributed by atoms with Crippen LogP contribution in [0.3, 0.4) is 0 Å². The van der Waals surface area contributed by atoms with Crippen molar-refractivity contribution in [2.24, 2.45) is 0 Å². The fraction of sp³-hybridized carbons (Fsp3) is 0.526. The summed E-state index contributed by atoms with van der Waals surface area (Å²) in [6.07, 6.45) is -0.422. The lowest BCUT2D eigenvalue weighted by Crippen LogP contribution is -2.47. The molecule has 130 valence electrons. The Bertz CT molecular complexity index is 675. The van der Waals surface area contributed by atoms with Crippen molar-refractivity contribution in [2.45, 2.75) is 33.4 Å². The monoisotopic (exact) mass is 329 g/mol. The van der Waals surface area contributed by atoms with Gasteiger partial charge in [-0.05, 0) is 37.5 Å². The van der Waals surface area contributed by atoms with E-state index in [-0.39, 0.29) is 0 Å². The maximum atomic E-state index is 10.5. The highest BCUT2D eigenvalue weighted by molar-refractivity contribution is 5.31. The number of benzene rings is 1. The molecule has 1 aromatic heterocycles. The van der Waals surface area contributed by atoms with Gasteiger partial charge in [-0.15, -0.1) is 0 Å². The van der Waals surface area contributed by atoms with Gasteiger partial charge in [0.05, 0.1) is 11.8 Å². The van der Waals surface area contributed by atoms with Crippen LogP contribution in [-0.2, 0) is 6.54 Å². The van der Waals surface area contributed by atoms with E-state index in [0.29, 0.717) is 6.54 Å². The number of β-amino-alcohol motifs (C(OH)–C–C–N with tert-alkyl or cyclic N) is 1. The Hall–Kier alpha value is -1.69. The summed E-state index contributed by atoms with van der Waals surface area (Å²) in [5.41, 5.74) is 4.51. The highest BCUT2D eigenvalue weighted by Gasteiger charge is 2.21. The number of aliphatic hydroxyl groups excluding tert-OH is 1. The second-order valence-electron chi connectivity index (χ2n) is 6.87. The van der Waals surface area contributed by atoms with Crippen LogP contribution in [0.15, 0.2) is 28.8 Å². The Labute approximate surface area is 143 Å². The summed E-state index contributed by atoms with van der Waals surface area (Å²) in [4.78, 5) is 4.72. The number of piperazine rings is 1. The first kappa shape index (κ1) is 17.1. The quantitative estimate of drug-likeness (QED) is 0.913. The minimum atomic E-state index is -0.422. The smallest absolute Gasteiger partial charge is 0.133 e. The number of aliphatic hydroxyl groups is 1. The summed E-state index contributed by atoms with van der Waals surface area (Å²) in [6.45, 7) is 11.6. The van der Waals surface area contributed by atoms with Gasteiger partial charge in [0.1, 0.15) is 5.76 Å². The summed E-state index contributed by atoms with van der Waals surface area (Å²) in [5, 5.41) is 14.6. The highest BCUT2D eigenvalue weighted by atomic mass is 16.5. The third-order valence-corrected chi connectivity index (χ3v) is 4.87. The summed E-state index contributed by atoms with van der Waals surface area (Å²) in [7, 11) is 0. The van der Waals surface area contributed by atoms with Gasteiger partial charge in [0.15, 0.2) is 0 Å². The molecular weight excluding hydrogens is 302 g/mol. The predicted octanol–water partition coefficient (Wildman–Crippen LogP) is 2.45. The molecule has 1 aliphatic heterocycles. The molecular formula is C19H27N3O2. The van der Waals surface area contributed by atoms with Gasteiger partial charge in [0.25, 0.3) is 0 Å². The predicted molar refractivity (Wildman–Crippen MR) is 93.8 cm³/mol. The molecule has 0 aliphatic carbocycles. The van der Waals surface area contributed by atoms with E-state index in [4.69, 9.17) is 4.52 Å². The van der Waals surface area contributed by atoms with E-state index in [1.807, 2.05) is 19.1 Å². The SMILES string of the molecule is Cc1cc(CN2CCN(CC(O)c3ccc(C)c(C)c3)CC2)no1. The first-order valence-electron chi connectivity index (χ1n) is 8.63. The van der Waals surface area contributed by atoms with E-state index in [2.05, 4.69) is 40.9 Å². The maximum absolute atomic E-state index is 10.5. The molecule has 1 aliphatic rings. The average molecular weight is 329 g/mol. The Kier molecular flexibility index (Phi) is 5.33. The molecule has 0 bridgehead atoms. The van der Waals surface area contributed by atoms with Crippen LogP contribution in [0.1, 0.15) is 34.2 Å². The van der Waals surface area contributed by atoms with E-state index in [1.165, 1.54) is 11.1 Å². The van der Waals surface area contributed by atoms with E-state index < -0.39 is 6.10 Å². The van der Waals surface area contributed by atoms with Crippen molar-refractivity contribution >= 4 is 0 Å². The second-order valence-corrected chi connectivity index (χ2v) is 6.87. The molecule has 1 aromatic carbocycles. The Balaban J connectivity index is 1.48. The van der Waals surface area contributed by atoms with E-state index in [1.54, 1.807) is 0 Å². The molecule has 1 saturated heterocycles. The molecule has 1 fully saturated rings. The molecule has 5 heteroatoms. The fourth-order valence-corrected chi connectivity index (χ4v) is 3.17. The van der Waals surface area contributed by atoms with Gasteiger partial charge >= 0.3 is 0 Å². The third-order valence-electron chi connectivity index (χ3n) is 4.87. The largest absolute Gasteiger partial charge is 0.387 e. The lowest BCUT2D eigenvalue weighted by Gasteiger charge is -2.35. The number of aromatic nitrogens is 1. The molecule has 1 unspecified atom stereocenters. The topological polar surface area (TPSA) is 52.7 Å². The van der Waals surface area contributed by atoms with Gasteiger partial charge in [-0.1, -0.05) is 23.4 Å². The fourth-order valence-electron chi connectivity index (χ4n) is 3.17. The van der Waals surface area contributed by atoms with Crippen molar-refractivity contribution in [3.8, 4) is 0 Å². The average Bonchev–Trinajstić information content (AvgIpc) is 2.97. The first-order valence-corrected chi connectivity index (χ1v) is 8.63. The Morgan fingerprint density at radius 3 is 2.38 bits per heavy atom. The number of aryl methyl sites for hydroxylation is 3. The van der Waals surface area contributed by atoms with E-state index in [9.17, 15) is 5.11 Å². The molecule has 2 heterocycles. The molecule has 5 nitrogen and oxygen atoms in total. The van der Waals surface area contributed by atoms with Gasteiger partial charge in [0.2, 0.25) is 0 Å². The lowest BCUT2D eigenvalue weighted by atomic mass is 10.0. The van der Waals surface area contributed by atoms with Crippen LogP contribution in [0.4, 0.5) is 0 Å². The van der Waals surface area contributed by atoms with Crippen LogP contribution < -0.4 is 0 Å². The summed E-state index contributed by atoms with van der Waals surface area (Å²) < 4.78 is 5.13. The van der Waals surface area contributed by atoms with E-state index in [0.717, 1.165) is 49.7 Å². The zero-order valence-corrected chi connectivity index (χ0v) is 14.8. The van der Waals surface area contributed by atoms with Gasteiger partial charge < -0.3 is 9.63 Å². The minimum Gasteiger partial charge on any atom is -0.387 e. The zero-order valence-electron chi connectivity index (χ0n) is 14.8. The molecule has 2 aromatic rings. The van der Waals surface area contributed by atoms with Gasteiger partial charge in [0, 0.05) is 45.3 Å². The summed E-state index contributed by atoms with van der Waals surface area (Å²) >= 11 is 0. The molecule has 0 radical (unpaired) electrons. The van der Waals surface area contributed by atoms with E-state index >= 15 is 0 Å². The summed E-state index contributed by atoms with van der Waals surface area (Å²) in [6, 6.07) is 8.22. The number of hydrogen-bond acceptors (Lipinski definition) is 5. The van der Waals surface area contributed by atoms with Crippen molar-refractivity contribution in [1.82, 2.24) is 15.0 Å². The van der Waals surface area contributed by atoms with Crippen LogP contribution >= 0.6 is 0 Å². The van der Waals surface area contributed by atoms with Crippen LogP contribution in [-0.4, -0.2) is 52.8 Å². The van der Waals surface area contributed by atoms with Crippen LogP contribution in [0.25, 0.3) is 0 Å². The van der Waals surface area contributed by atoms with Crippen molar-refractivity contribution in [1.29, 1.82) is 0 Å². The molecule has 0 spiro atoms. The number of rotatable bonds is 5. The molecule has 1 atom stereocenters. The molecule has 3 rings (SSSR count). The van der Waals surface area contributed by atoms with Crippen LogP contribution in [0.5, 0.6) is 0 Å². The maximum Gasteiger partial charge on any atom is 0.133 e.